The van der Waals surface area contributed by atoms with Crippen LogP contribution in [0.4, 0.5) is 0 Å². The van der Waals surface area contributed by atoms with Crippen LogP contribution >= 0.6 is 0 Å². The van der Waals surface area contributed by atoms with Gasteiger partial charge in [0.1, 0.15) is 11.5 Å². The molecule has 0 saturated carbocycles. The monoisotopic (exact) mass is 386 g/mol. The summed E-state index contributed by atoms with van der Waals surface area (Å²) in [6.45, 7) is -0.429. The molecule has 0 aliphatic rings. The number of carbonyl (C=O) groups is 2. The maximum Gasteiger partial charge on any atom is 0.331 e. The van der Waals surface area contributed by atoms with Gasteiger partial charge in [-0.2, -0.15) is 0 Å². The second kappa shape index (κ2) is 10.0. The Balaban J connectivity index is 2.05. The predicted molar refractivity (Wildman–Crippen MR) is 103 cm³/mol. The van der Waals surface area contributed by atoms with E-state index in [1.807, 2.05) is 0 Å². The van der Waals surface area contributed by atoms with Crippen LogP contribution in [0.2, 0.25) is 0 Å². The van der Waals surface area contributed by atoms with Gasteiger partial charge in [0.2, 0.25) is 5.78 Å². The minimum Gasteiger partial charge on any atom is -0.497 e. The van der Waals surface area contributed by atoms with Crippen LogP contribution in [0.1, 0.15) is 15.9 Å². The van der Waals surface area contributed by atoms with Crippen molar-refractivity contribution in [2.24, 2.45) is 0 Å². The number of ether oxygens (including phenoxy) is 5. The first-order chi connectivity index (χ1) is 13.5. The molecule has 0 bridgehead atoms. The van der Waals surface area contributed by atoms with Gasteiger partial charge < -0.3 is 23.7 Å². The summed E-state index contributed by atoms with van der Waals surface area (Å²) in [5.74, 6) is 0.833. The lowest BCUT2D eigenvalue weighted by Gasteiger charge is -2.10. The number of rotatable bonds is 9. The van der Waals surface area contributed by atoms with E-state index in [0.29, 0.717) is 28.6 Å². The quantitative estimate of drug-likeness (QED) is 0.372. The van der Waals surface area contributed by atoms with E-state index >= 15 is 0 Å². The van der Waals surface area contributed by atoms with Crippen LogP contribution in [0, 0.1) is 0 Å². The standard InChI is InChI=1S/C21H22O7/c1-24-15-9-10-18(25-2)16(12-15)17(22)13-28-20(23)11-8-14-6-5-7-19(26-3)21(14)27-4/h5-12H,13H2,1-4H3/b11-8+. The molecule has 0 amide bonds. The number of ketones is 1. The van der Waals surface area contributed by atoms with E-state index in [2.05, 4.69) is 0 Å². The molecule has 0 radical (unpaired) electrons. The lowest BCUT2D eigenvalue weighted by Crippen LogP contribution is -2.13. The molecule has 0 spiro atoms. The lowest BCUT2D eigenvalue weighted by atomic mass is 10.1. The molecule has 0 aliphatic heterocycles. The lowest BCUT2D eigenvalue weighted by molar-refractivity contribution is -0.136. The fourth-order valence-corrected chi connectivity index (χ4v) is 2.50. The van der Waals surface area contributed by atoms with Crippen LogP contribution in [0.3, 0.4) is 0 Å². The predicted octanol–water partition coefficient (Wildman–Crippen LogP) is 3.16. The average Bonchev–Trinajstić information content (AvgIpc) is 2.74. The summed E-state index contributed by atoms with van der Waals surface area (Å²) in [5.41, 5.74) is 0.910. The van der Waals surface area contributed by atoms with E-state index in [1.165, 1.54) is 46.7 Å². The molecule has 0 fully saturated rings. The Hall–Kier alpha value is -3.48. The van der Waals surface area contributed by atoms with Gasteiger partial charge in [-0.25, -0.2) is 4.79 Å². The summed E-state index contributed by atoms with van der Waals surface area (Å²) >= 11 is 0. The van der Waals surface area contributed by atoms with Gasteiger partial charge in [-0.3, -0.25) is 4.79 Å². The highest BCUT2D eigenvalue weighted by Crippen LogP contribution is 2.31. The highest BCUT2D eigenvalue weighted by atomic mass is 16.5. The molecule has 2 rings (SSSR count). The highest BCUT2D eigenvalue weighted by molar-refractivity contribution is 6.01. The Morgan fingerprint density at radius 3 is 2.29 bits per heavy atom. The van der Waals surface area contributed by atoms with Crippen LogP contribution in [0.15, 0.2) is 42.5 Å². The van der Waals surface area contributed by atoms with Crippen molar-refractivity contribution in [2.75, 3.05) is 35.0 Å². The van der Waals surface area contributed by atoms with E-state index in [9.17, 15) is 9.59 Å². The molecule has 2 aromatic rings. The van der Waals surface area contributed by atoms with E-state index in [0.717, 1.165) is 0 Å². The van der Waals surface area contributed by atoms with Gasteiger partial charge in [-0.1, -0.05) is 12.1 Å². The number of esters is 1. The smallest absolute Gasteiger partial charge is 0.331 e. The Labute approximate surface area is 163 Å². The fraction of sp³-hybridized carbons (Fsp3) is 0.238. The van der Waals surface area contributed by atoms with Crippen molar-refractivity contribution >= 4 is 17.8 Å². The minimum absolute atomic E-state index is 0.271. The molecule has 0 N–H and O–H groups in total. The van der Waals surface area contributed by atoms with Crippen LogP contribution in [0.5, 0.6) is 23.0 Å². The van der Waals surface area contributed by atoms with Crippen molar-refractivity contribution in [1.29, 1.82) is 0 Å². The molecule has 0 atom stereocenters. The Morgan fingerprint density at radius 2 is 1.64 bits per heavy atom. The van der Waals surface area contributed by atoms with Gasteiger partial charge >= 0.3 is 5.97 Å². The molecule has 7 nitrogen and oxygen atoms in total. The van der Waals surface area contributed by atoms with Crippen LogP contribution < -0.4 is 18.9 Å². The van der Waals surface area contributed by atoms with Crippen molar-refractivity contribution in [2.45, 2.75) is 0 Å². The summed E-state index contributed by atoms with van der Waals surface area (Å²) in [4.78, 5) is 24.4. The van der Waals surface area contributed by atoms with Gasteiger partial charge in [0, 0.05) is 11.6 Å². The topological polar surface area (TPSA) is 80.3 Å². The van der Waals surface area contributed by atoms with Gasteiger partial charge in [-0.05, 0) is 30.3 Å². The van der Waals surface area contributed by atoms with E-state index in [4.69, 9.17) is 23.7 Å². The summed E-state index contributed by atoms with van der Waals surface area (Å²) in [7, 11) is 5.98. The Bertz CT molecular complexity index is 871. The molecule has 148 valence electrons. The molecule has 28 heavy (non-hydrogen) atoms. The normalized spacial score (nSPS) is 10.4. The van der Waals surface area contributed by atoms with Gasteiger partial charge in [0.25, 0.3) is 0 Å². The number of benzene rings is 2. The SMILES string of the molecule is COc1ccc(OC)c(C(=O)COC(=O)/C=C/c2cccc(OC)c2OC)c1. The third kappa shape index (κ3) is 5.03. The number of hydrogen-bond acceptors (Lipinski definition) is 7. The van der Waals surface area contributed by atoms with E-state index < -0.39 is 18.4 Å². The molecule has 0 heterocycles. The third-order valence-corrected chi connectivity index (χ3v) is 3.88. The zero-order valence-electron chi connectivity index (χ0n) is 16.2. The number of carbonyl (C=O) groups excluding carboxylic acids is 2. The van der Waals surface area contributed by atoms with Gasteiger partial charge in [0.05, 0.1) is 34.0 Å². The van der Waals surface area contributed by atoms with Crippen molar-refractivity contribution in [3.8, 4) is 23.0 Å². The van der Waals surface area contributed by atoms with E-state index in [1.54, 1.807) is 30.3 Å². The first kappa shape index (κ1) is 20.8. The maximum absolute atomic E-state index is 12.4. The molecule has 0 unspecified atom stereocenters. The van der Waals surface area contributed by atoms with Crippen LogP contribution in [0.25, 0.3) is 6.08 Å². The van der Waals surface area contributed by atoms with Crippen LogP contribution in [-0.4, -0.2) is 46.8 Å². The minimum atomic E-state index is -0.667. The summed E-state index contributed by atoms with van der Waals surface area (Å²) < 4.78 is 25.8. The van der Waals surface area contributed by atoms with Crippen molar-refractivity contribution in [1.82, 2.24) is 0 Å². The zero-order valence-corrected chi connectivity index (χ0v) is 16.2. The molecule has 2 aromatic carbocycles. The summed E-state index contributed by atoms with van der Waals surface area (Å²) in [6, 6.07) is 10.1. The van der Waals surface area contributed by atoms with Crippen molar-refractivity contribution in [3.63, 3.8) is 0 Å². The first-order valence-corrected chi connectivity index (χ1v) is 8.35. The third-order valence-electron chi connectivity index (χ3n) is 3.88. The van der Waals surface area contributed by atoms with E-state index in [-0.39, 0.29) is 5.56 Å². The molecule has 0 saturated heterocycles. The first-order valence-electron chi connectivity index (χ1n) is 8.35. The molecule has 0 aromatic heterocycles. The Kier molecular flexibility index (Phi) is 7.45. The van der Waals surface area contributed by atoms with Crippen molar-refractivity contribution < 1.29 is 33.3 Å². The highest BCUT2D eigenvalue weighted by Gasteiger charge is 2.15. The number of hydrogen-bond donors (Lipinski definition) is 0. The zero-order chi connectivity index (χ0) is 20.5. The van der Waals surface area contributed by atoms with Crippen molar-refractivity contribution in [3.05, 3.63) is 53.6 Å². The summed E-state index contributed by atoms with van der Waals surface area (Å²) in [5, 5.41) is 0. The van der Waals surface area contributed by atoms with Gasteiger partial charge in [0.15, 0.2) is 18.1 Å². The average molecular weight is 386 g/mol. The second-order valence-electron chi connectivity index (χ2n) is 5.51. The molecular weight excluding hydrogens is 364 g/mol. The number of para-hydroxylation sites is 1. The maximum atomic E-state index is 12.4. The molecular formula is C21H22O7. The van der Waals surface area contributed by atoms with Crippen LogP contribution in [-0.2, 0) is 9.53 Å². The number of methoxy groups -OCH3 is 4. The fourth-order valence-electron chi connectivity index (χ4n) is 2.50. The Morgan fingerprint density at radius 1 is 0.893 bits per heavy atom. The van der Waals surface area contributed by atoms with Gasteiger partial charge in [-0.15, -0.1) is 0 Å². The largest absolute Gasteiger partial charge is 0.497 e. The summed E-state index contributed by atoms with van der Waals surface area (Å²) in [6.07, 6.45) is 2.74. The molecule has 0 aliphatic carbocycles. The second-order valence-corrected chi connectivity index (χ2v) is 5.51. The number of Topliss-reactive ketones (excluding diaryl/α,β-unsaturated/α-hetero) is 1. The molecule has 7 heteroatoms.